The van der Waals surface area contributed by atoms with Crippen molar-refractivity contribution in [3.8, 4) is 11.5 Å². The highest BCUT2D eigenvalue weighted by atomic mass is 19.4. The van der Waals surface area contributed by atoms with Gasteiger partial charge in [-0.1, -0.05) is 19.1 Å². The second-order valence-electron chi connectivity index (χ2n) is 5.76. The summed E-state index contributed by atoms with van der Waals surface area (Å²) >= 11 is 0. The molecule has 0 aliphatic heterocycles. The normalized spacial score (nSPS) is 11.3. The van der Waals surface area contributed by atoms with E-state index in [-0.39, 0.29) is 24.3 Å². The molecule has 0 unspecified atom stereocenters. The number of benzene rings is 2. The summed E-state index contributed by atoms with van der Waals surface area (Å²) in [5.41, 5.74) is -0.0915. The third-order valence-corrected chi connectivity index (χ3v) is 3.82. The smallest absolute Gasteiger partial charge is 0.419 e. The number of rotatable bonds is 5. The van der Waals surface area contributed by atoms with Crippen molar-refractivity contribution in [2.75, 3.05) is 0 Å². The number of ether oxygens (including phenoxy) is 2. The lowest BCUT2D eigenvalue weighted by Gasteiger charge is -2.17. The van der Waals surface area contributed by atoms with Crippen molar-refractivity contribution in [1.29, 1.82) is 0 Å². The molecule has 0 saturated heterocycles. The molecule has 0 aliphatic rings. The Morgan fingerprint density at radius 2 is 1.77 bits per heavy atom. The first-order valence-electron chi connectivity index (χ1n) is 7.92. The van der Waals surface area contributed by atoms with E-state index < -0.39 is 29.3 Å². The molecule has 0 fully saturated rings. The van der Waals surface area contributed by atoms with E-state index in [9.17, 15) is 22.4 Å². The fourth-order valence-electron chi connectivity index (χ4n) is 2.30. The van der Waals surface area contributed by atoms with Crippen LogP contribution < -0.4 is 9.47 Å². The van der Waals surface area contributed by atoms with Gasteiger partial charge in [-0.05, 0) is 37.1 Å². The first kappa shape index (κ1) is 19.8. The van der Waals surface area contributed by atoms with Crippen LogP contribution in [0.2, 0.25) is 0 Å². The van der Waals surface area contributed by atoms with Crippen molar-refractivity contribution in [1.82, 2.24) is 0 Å². The molecule has 2 aromatic carbocycles. The van der Waals surface area contributed by atoms with E-state index >= 15 is 0 Å². The average molecular weight is 370 g/mol. The number of carbonyl (C=O) groups excluding carboxylic acids is 1. The molecule has 0 aromatic heterocycles. The summed E-state index contributed by atoms with van der Waals surface area (Å²) in [6.45, 7) is 4.28. The fourth-order valence-corrected chi connectivity index (χ4v) is 2.30. The van der Waals surface area contributed by atoms with Gasteiger partial charge in [0.2, 0.25) is 0 Å². The fraction of sp³-hybridized carbons (Fsp3) is 0.316. The largest absolute Gasteiger partial charge is 0.488 e. The molecule has 0 bridgehead atoms. The molecule has 0 atom stereocenters. The summed E-state index contributed by atoms with van der Waals surface area (Å²) in [6, 6.07) is 6.32. The molecule has 0 spiro atoms. The Kier molecular flexibility index (Phi) is 5.90. The van der Waals surface area contributed by atoms with E-state index in [0.29, 0.717) is 23.3 Å². The summed E-state index contributed by atoms with van der Waals surface area (Å²) in [7, 11) is 0. The lowest BCUT2D eigenvalue weighted by Crippen LogP contribution is -2.12. The Morgan fingerprint density at radius 1 is 1.08 bits per heavy atom. The van der Waals surface area contributed by atoms with Crippen LogP contribution in [0.25, 0.3) is 0 Å². The minimum atomic E-state index is -4.68. The van der Waals surface area contributed by atoms with Gasteiger partial charge in [0.05, 0.1) is 5.56 Å². The van der Waals surface area contributed by atoms with Crippen LogP contribution in [0, 0.1) is 19.7 Å². The van der Waals surface area contributed by atoms with Crippen LogP contribution in [0.4, 0.5) is 17.6 Å². The van der Waals surface area contributed by atoms with Crippen molar-refractivity contribution in [2.24, 2.45) is 0 Å². The summed E-state index contributed by atoms with van der Waals surface area (Å²) in [6.07, 6.45) is -4.54. The maximum absolute atomic E-state index is 13.7. The molecule has 0 heterocycles. The minimum absolute atomic E-state index is 0.127. The highest BCUT2D eigenvalue weighted by molar-refractivity contribution is 5.72. The summed E-state index contributed by atoms with van der Waals surface area (Å²) in [4.78, 5) is 11.5. The van der Waals surface area contributed by atoms with Gasteiger partial charge in [-0.25, -0.2) is 4.39 Å². The van der Waals surface area contributed by atoms with Crippen molar-refractivity contribution in [3.05, 3.63) is 58.4 Å². The van der Waals surface area contributed by atoms with E-state index in [4.69, 9.17) is 9.47 Å². The number of aryl methyl sites for hydroxylation is 2. The first-order chi connectivity index (χ1) is 12.1. The molecule has 0 saturated carbocycles. The van der Waals surface area contributed by atoms with Crippen molar-refractivity contribution >= 4 is 5.97 Å². The predicted molar refractivity (Wildman–Crippen MR) is 87.6 cm³/mol. The van der Waals surface area contributed by atoms with E-state index in [2.05, 4.69) is 0 Å². The molecule has 26 heavy (non-hydrogen) atoms. The second-order valence-corrected chi connectivity index (χ2v) is 5.76. The topological polar surface area (TPSA) is 35.5 Å². The molecule has 0 N–H and O–H groups in total. The maximum Gasteiger partial charge on any atom is 0.419 e. The summed E-state index contributed by atoms with van der Waals surface area (Å²) in [5, 5.41) is 0. The Bertz CT molecular complexity index is 813. The Balaban J connectivity index is 2.35. The third-order valence-electron chi connectivity index (χ3n) is 3.82. The predicted octanol–water partition coefficient (Wildman–Crippen LogP) is 5.36. The van der Waals surface area contributed by atoms with Gasteiger partial charge in [0, 0.05) is 18.1 Å². The van der Waals surface area contributed by atoms with E-state index in [1.807, 2.05) is 0 Å². The van der Waals surface area contributed by atoms with Crippen LogP contribution in [-0.2, 0) is 17.6 Å². The summed E-state index contributed by atoms with van der Waals surface area (Å²) < 4.78 is 63.8. The van der Waals surface area contributed by atoms with E-state index in [1.54, 1.807) is 26.0 Å². The molecule has 3 nitrogen and oxygen atoms in total. The van der Waals surface area contributed by atoms with Gasteiger partial charge in [-0.2, -0.15) is 13.2 Å². The maximum atomic E-state index is 13.7. The van der Waals surface area contributed by atoms with Crippen LogP contribution in [0.1, 0.15) is 35.6 Å². The number of alkyl halides is 3. The average Bonchev–Trinajstić information content (AvgIpc) is 2.56. The van der Waals surface area contributed by atoms with Gasteiger partial charge in [-0.3, -0.25) is 4.79 Å². The van der Waals surface area contributed by atoms with Gasteiger partial charge in [-0.15, -0.1) is 0 Å². The molecular weight excluding hydrogens is 352 g/mol. The van der Waals surface area contributed by atoms with Crippen molar-refractivity contribution in [2.45, 2.75) is 40.0 Å². The highest BCUT2D eigenvalue weighted by Crippen LogP contribution is 2.38. The number of hydrogen-bond acceptors (Lipinski definition) is 3. The van der Waals surface area contributed by atoms with Gasteiger partial charge >= 0.3 is 12.1 Å². The standard InChI is InChI=1S/C19H18F4O3/c1-4-18(24)26-16-7-5-6-11(2)13(16)10-25-17-9-15(20)12(3)8-14(17)19(21,22)23/h5-9H,4,10H2,1-3H3. The SMILES string of the molecule is CCC(=O)Oc1cccc(C)c1COc1cc(F)c(C)cc1C(F)(F)F. The van der Waals surface area contributed by atoms with E-state index in [0.717, 1.165) is 0 Å². The zero-order chi connectivity index (χ0) is 19.5. The van der Waals surface area contributed by atoms with Crippen LogP contribution >= 0.6 is 0 Å². The molecular formula is C19H18F4O3. The van der Waals surface area contributed by atoms with Gasteiger partial charge < -0.3 is 9.47 Å². The first-order valence-corrected chi connectivity index (χ1v) is 7.92. The zero-order valence-electron chi connectivity index (χ0n) is 14.5. The monoisotopic (exact) mass is 370 g/mol. The number of halogens is 4. The molecule has 7 heteroatoms. The highest BCUT2D eigenvalue weighted by Gasteiger charge is 2.35. The molecule has 0 radical (unpaired) electrons. The lowest BCUT2D eigenvalue weighted by atomic mass is 10.1. The number of hydrogen-bond donors (Lipinski definition) is 0. The third kappa shape index (κ3) is 4.53. The number of carbonyl (C=O) groups is 1. The van der Waals surface area contributed by atoms with Gasteiger partial charge in [0.15, 0.2) is 0 Å². The van der Waals surface area contributed by atoms with Gasteiger partial charge in [0.1, 0.15) is 23.9 Å². The zero-order valence-corrected chi connectivity index (χ0v) is 14.5. The molecule has 0 aliphatic carbocycles. The second kappa shape index (κ2) is 7.76. The van der Waals surface area contributed by atoms with Crippen LogP contribution in [-0.4, -0.2) is 5.97 Å². The lowest BCUT2D eigenvalue weighted by molar-refractivity contribution is -0.139. The Labute approximate surface area is 148 Å². The van der Waals surface area contributed by atoms with Crippen molar-refractivity contribution in [3.63, 3.8) is 0 Å². The molecule has 140 valence electrons. The van der Waals surface area contributed by atoms with Crippen LogP contribution in [0.5, 0.6) is 11.5 Å². The molecule has 0 amide bonds. The van der Waals surface area contributed by atoms with Crippen molar-refractivity contribution < 1.29 is 31.8 Å². The minimum Gasteiger partial charge on any atom is -0.488 e. The Hall–Kier alpha value is -2.57. The molecule has 2 rings (SSSR count). The quantitative estimate of drug-likeness (QED) is 0.404. The number of esters is 1. The van der Waals surface area contributed by atoms with Crippen LogP contribution in [0.15, 0.2) is 30.3 Å². The van der Waals surface area contributed by atoms with Gasteiger partial charge in [0.25, 0.3) is 0 Å². The Morgan fingerprint density at radius 3 is 2.38 bits per heavy atom. The molecule has 2 aromatic rings. The van der Waals surface area contributed by atoms with E-state index in [1.165, 1.54) is 13.0 Å². The van der Waals surface area contributed by atoms with Crippen LogP contribution in [0.3, 0.4) is 0 Å². The summed E-state index contributed by atoms with van der Waals surface area (Å²) in [5.74, 6) is -1.68.